The van der Waals surface area contributed by atoms with E-state index < -0.39 is 28.1 Å². The van der Waals surface area contributed by atoms with Crippen LogP contribution >= 0.6 is 0 Å². The lowest BCUT2D eigenvalue weighted by molar-refractivity contribution is -0.137. The first-order valence-corrected chi connectivity index (χ1v) is 11.3. The van der Waals surface area contributed by atoms with Gasteiger partial charge in [-0.3, -0.25) is 9.59 Å². The zero-order valence-electron chi connectivity index (χ0n) is 16.9. The molecule has 4 rings (SSSR count). The third-order valence-electron chi connectivity index (χ3n) is 5.74. The summed E-state index contributed by atoms with van der Waals surface area (Å²) in [6, 6.07) is 7.22. The predicted octanol–water partition coefficient (Wildman–Crippen LogP) is 0.983. The molecule has 1 aromatic carbocycles. The molecule has 2 atom stereocenters. The lowest BCUT2D eigenvalue weighted by Gasteiger charge is -2.41. The molecule has 31 heavy (non-hydrogen) atoms. The van der Waals surface area contributed by atoms with Gasteiger partial charge in [0.25, 0.3) is 16.1 Å². The first-order chi connectivity index (χ1) is 14.8. The van der Waals surface area contributed by atoms with Crippen molar-refractivity contribution in [3.05, 3.63) is 59.8 Å². The van der Waals surface area contributed by atoms with Crippen LogP contribution in [-0.4, -0.2) is 73.6 Å². The van der Waals surface area contributed by atoms with E-state index in [0.717, 1.165) is 4.31 Å². The van der Waals surface area contributed by atoms with E-state index in [2.05, 4.69) is 4.72 Å². The number of amides is 2. The van der Waals surface area contributed by atoms with Crippen molar-refractivity contribution in [1.29, 1.82) is 0 Å². The Bertz CT molecular complexity index is 1050. The van der Waals surface area contributed by atoms with Crippen LogP contribution in [0.15, 0.2) is 47.1 Å². The summed E-state index contributed by atoms with van der Waals surface area (Å²) in [4.78, 5) is 28.8. The second-order valence-electron chi connectivity index (χ2n) is 7.59. The lowest BCUT2D eigenvalue weighted by atomic mass is 9.99. The highest BCUT2D eigenvalue weighted by Crippen LogP contribution is 2.29. The summed E-state index contributed by atoms with van der Waals surface area (Å²) in [6.07, 6.45) is 1.64. The smallest absolute Gasteiger partial charge is 0.289 e. The van der Waals surface area contributed by atoms with Crippen molar-refractivity contribution in [1.82, 2.24) is 18.8 Å². The Kier molecular flexibility index (Phi) is 5.82. The van der Waals surface area contributed by atoms with Crippen molar-refractivity contribution in [2.45, 2.75) is 18.5 Å². The summed E-state index contributed by atoms with van der Waals surface area (Å²) in [6.45, 7) is 1.25. The van der Waals surface area contributed by atoms with E-state index in [-0.39, 0.29) is 24.0 Å². The fraction of sp³-hybridized carbons (Fsp3) is 0.400. The molecule has 9 nitrogen and oxygen atoms in total. The fourth-order valence-electron chi connectivity index (χ4n) is 3.90. The van der Waals surface area contributed by atoms with Crippen LogP contribution in [0.2, 0.25) is 0 Å². The third-order valence-corrected chi connectivity index (χ3v) is 7.33. The quantitative estimate of drug-likeness (QED) is 0.751. The molecule has 0 spiro atoms. The number of carbonyl (C=O) groups excluding carboxylic acids is 2. The van der Waals surface area contributed by atoms with Crippen LogP contribution in [0.1, 0.15) is 28.6 Å². The summed E-state index contributed by atoms with van der Waals surface area (Å²) in [7, 11) is -2.53. The van der Waals surface area contributed by atoms with E-state index in [4.69, 9.17) is 4.42 Å². The zero-order valence-corrected chi connectivity index (χ0v) is 17.7. The molecule has 2 aliphatic rings. The van der Waals surface area contributed by atoms with Crippen LogP contribution < -0.4 is 4.72 Å². The molecule has 2 amide bonds. The van der Waals surface area contributed by atoms with E-state index in [0.29, 0.717) is 31.7 Å². The Morgan fingerprint density at radius 1 is 1.06 bits per heavy atom. The Morgan fingerprint density at radius 2 is 1.71 bits per heavy atom. The maximum absolute atomic E-state index is 13.3. The number of benzene rings is 1. The number of hydrogen-bond donors (Lipinski definition) is 1. The monoisotopic (exact) mass is 450 g/mol. The standard InChI is InChI=1S/C20H23FN4O5S/c1-23-17(13-16(22-31(23,28)29)14-4-6-15(21)7-5-14)19(26)24-8-10-25(11-9-24)20(27)18-3-2-12-30-18/h2-7,12,16-17,22H,8-11,13H2,1H3/t16-,17+/m0/s1. The number of likely N-dealkylation sites (N-methyl/N-ethyl adjacent to an activating group) is 1. The number of piperazine rings is 1. The summed E-state index contributed by atoms with van der Waals surface area (Å²) >= 11 is 0. The minimum Gasteiger partial charge on any atom is -0.459 e. The number of rotatable bonds is 3. The Morgan fingerprint density at radius 3 is 2.32 bits per heavy atom. The van der Waals surface area contributed by atoms with Crippen molar-refractivity contribution < 1.29 is 26.8 Å². The molecule has 2 fully saturated rings. The molecule has 2 aromatic rings. The van der Waals surface area contributed by atoms with Gasteiger partial charge in [-0.15, -0.1) is 0 Å². The van der Waals surface area contributed by atoms with Gasteiger partial charge in [-0.2, -0.15) is 17.4 Å². The van der Waals surface area contributed by atoms with Gasteiger partial charge in [0, 0.05) is 39.3 Å². The van der Waals surface area contributed by atoms with Crippen molar-refractivity contribution in [2.24, 2.45) is 0 Å². The van der Waals surface area contributed by atoms with Crippen LogP contribution in [0.4, 0.5) is 4.39 Å². The molecule has 0 unspecified atom stereocenters. The van der Waals surface area contributed by atoms with Crippen LogP contribution in [0.25, 0.3) is 0 Å². The molecule has 1 aromatic heterocycles. The molecule has 11 heteroatoms. The van der Waals surface area contributed by atoms with Gasteiger partial charge in [0.05, 0.1) is 6.26 Å². The summed E-state index contributed by atoms with van der Waals surface area (Å²) in [5, 5.41) is 0. The van der Waals surface area contributed by atoms with E-state index in [1.807, 2.05) is 0 Å². The van der Waals surface area contributed by atoms with Gasteiger partial charge in [0.2, 0.25) is 5.91 Å². The summed E-state index contributed by atoms with van der Waals surface area (Å²) in [5.74, 6) is -0.736. The number of carbonyl (C=O) groups is 2. The van der Waals surface area contributed by atoms with Gasteiger partial charge in [-0.05, 0) is 36.2 Å². The minimum absolute atomic E-state index is 0.214. The van der Waals surface area contributed by atoms with Crippen molar-refractivity contribution in [3.8, 4) is 0 Å². The number of furan rings is 1. The third kappa shape index (κ3) is 4.34. The normalized spacial score (nSPS) is 24.2. The van der Waals surface area contributed by atoms with Crippen molar-refractivity contribution in [2.75, 3.05) is 33.2 Å². The van der Waals surface area contributed by atoms with E-state index in [1.54, 1.807) is 21.9 Å². The maximum Gasteiger partial charge on any atom is 0.289 e. The Hall–Kier alpha value is -2.76. The highest BCUT2D eigenvalue weighted by Gasteiger charge is 2.42. The van der Waals surface area contributed by atoms with Gasteiger partial charge in [0.1, 0.15) is 11.9 Å². The van der Waals surface area contributed by atoms with Gasteiger partial charge >= 0.3 is 0 Å². The molecule has 0 saturated carbocycles. The SMILES string of the molecule is CN1[C@@H](C(=O)N2CCN(C(=O)c3ccco3)CC2)C[C@@H](c2ccc(F)cc2)NS1(=O)=O. The zero-order chi connectivity index (χ0) is 22.2. The molecule has 2 aliphatic heterocycles. The average molecular weight is 450 g/mol. The first-order valence-electron chi connectivity index (χ1n) is 9.88. The molecule has 0 radical (unpaired) electrons. The maximum atomic E-state index is 13.3. The van der Waals surface area contributed by atoms with Crippen LogP contribution in [-0.2, 0) is 15.0 Å². The Labute approximate surface area is 179 Å². The number of nitrogens with one attached hydrogen (secondary N) is 1. The molecule has 1 N–H and O–H groups in total. The van der Waals surface area contributed by atoms with Crippen LogP contribution in [0, 0.1) is 5.82 Å². The molecule has 0 bridgehead atoms. The molecule has 0 aliphatic carbocycles. The second-order valence-corrected chi connectivity index (χ2v) is 9.35. The number of halogens is 1. The van der Waals surface area contributed by atoms with Gasteiger partial charge in [0.15, 0.2) is 5.76 Å². The highest BCUT2D eigenvalue weighted by molar-refractivity contribution is 7.87. The van der Waals surface area contributed by atoms with Crippen molar-refractivity contribution >= 4 is 22.0 Å². The largest absolute Gasteiger partial charge is 0.459 e. The second kappa shape index (κ2) is 8.40. The topological polar surface area (TPSA) is 103 Å². The lowest BCUT2D eigenvalue weighted by Crippen LogP contribution is -2.60. The minimum atomic E-state index is -3.89. The highest BCUT2D eigenvalue weighted by atomic mass is 32.2. The molecule has 3 heterocycles. The molecular formula is C20H23FN4O5S. The van der Waals surface area contributed by atoms with E-state index >= 15 is 0 Å². The molecule has 2 saturated heterocycles. The number of hydrogen-bond acceptors (Lipinski definition) is 5. The van der Waals surface area contributed by atoms with Crippen LogP contribution in [0.5, 0.6) is 0 Å². The first kappa shape index (κ1) is 21.5. The number of nitrogens with zero attached hydrogens (tertiary/aromatic N) is 3. The van der Waals surface area contributed by atoms with E-state index in [9.17, 15) is 22.4 Å². The fourth-order valence-corrected chi connectivity index (χ4v) is 5.17. The van der Waals surface area contributed by atoms with Gasteiger partial charge < -0.3 is 14.2 Å². The average Bonchev–Trinajstić information content (AvgIpc) is 3.30. The van der Waals surface area contributed by atoms with Crippen LogP contribution in [0.3, 0.4) is 0 Å². The van der Waals surface area contributed by atoms with E-state index in [1.165, 1.54) is 37.6 Å². The molecule has 166 valence electrons. The van der Waals surface area contributed by atoms with Gasteiger partial charge in [-0.1, -0.05) is 12.1 Å². The predicted molar refractivity (Wildman–Crippen MR) is 109 cm³/mol. The van der Waals surface area contributed by atoms with Gasteiger partial charge in [-0.25, -0.2) is 4.39 Å². The van der Waals surface area contributed by atoms with Crippen molar-refractivity contribution in [3.63, 3.8) is 0 Å². The summed E-state index contributed by atoms with van der Waals surface area (Å²) in [5.41, 5.74) is 0.588. The summed E-state index contributed by atoms with van der Waals surface area (Å²) < 4.78 is 47.2. The molecular weight excluding hydrogens is 427 g/mol. The Balaban J connectivity index is 1.45.